The van der Waals surface area contributed by atoms with Crippen LogP contribution in [0.4, 0.5) is 5.69 Å². The number of nitrogens with zero attached hydrogens (tertiary/aromatic N) is 1. The summed E-state index contributed by atoms with van der Waals surface area (Å²) in [5.41, 5.74) is 1.54. The van der Waals surface area contributed by atoms with Crippen molar-refractivity contribution in [2.45, 2.75) is 0 Å². The van der Waals surface area contributed by atoms with Gasteiger partial charge in [-0.25, -0.2) is 0 Å². The molecule has 2 radical (unpaired) electrons. The summed E-state index contributed by atoms with van der Waals surface area (Å²) in [6.45, 7) is 0. The first-order valence-electron chi connectivity index (χ1n) is 4.50. The zero-order chi connectivity index (χ0) is 10.4. The summed E-state index contributed by atoms with van der Waals surface area (Å²) in [5, 5.41) is 4.13. The predicted molar refractivity (Wildman–Crippen MR) is 65.9 cm³/mol. The number of carbonyl (C=O) groups is 2. The van der Waals surface area contributed by atoms with E-state index in [1.165, 1.54) is 6.08 Å². The smallest absolute Gasteiger partial charge is 0.296 e. The van der Waals surface area contributed by atoms with Crippen molar-refractivity contribution in [3.05, 3.63) is 34.5 Å². The Morgan fingerprint density at radius 2 is 1.88 bits per heavy atom. The Labute approximate surface area is 141 Å². The second-order valence-electron chi connectivity index (χ2n) is 3.37. The van der Waals surface area contributed by atoms with Crippen LogP contribution in [0.1, 0.15) is 5.56 Å². The summed E-state index contributed by atoms with van der Waals surface area (Å²) in [6.07, 6.45) is 4.84. The standard InChI is InChI=1S/C11H6N2O2.2Na/c14-9-5-6-1-2-8-7(3-4-12-8)10(6)13-11(9)15;;/h1-5H,(H,13,15);;. The molecule has 0 bridgehead atoms. The van der Waals surface area contributed by atoms with Crippen LogP contribution >= 0.6 is 0 Å². The van der Waals surface area contributed by atoms with Gasteiger partial charge in [0, 0.05) is 82.2 Å². The molecule has 3 rings (SSSR count). The van der Waals surface area contributed by atoms with Crippen LogP contribution in [0.15, 0.2) is 23.3 Å². The van der Waals surface area contributed by atoms with Crippen LogP contribution in [-0.2, 0) is 9.59 Å². The van der Waals surface area contributed by atoms with E-state index in [0.29, 0.717) is 5.69 Å². The van der Waals surface area contributed by atoms with Crippen molar-refractivity contribution in [3.8, 4) is 0 Å². The van der Waals surface area contributed by atoms with Crippen molar-refractivity contribution < 1.29 is 9.59 Å². The van der Waals surface area contributed by atoms with Gasteiger partial charge in [0.2, 0.25) is 5.78 Å². The first-order valence-corrected chi connectivity index (χ1v) is 4.50. The number of anilines is 1. The second kappa shape index (κ2) is 5.61. The van der Waals surface area contributed by atoms with Gasteiger partial charge >= 0.3 is 0 Å². The molecule has 0 unspecified atom stereocenters. The summed E-state index contributed by atoms with van der Waals surface area (Å²) in [5.74, 6) is -1.10. The van der Waals surface area contributed by atoms with Gasteiger partial charge in [0.1, 0.15) is 0 Å². The van der Waals surface area contributed by atoms with Gasteiger partial charge in [-0.2, -0.15) is 0 Å². The van der Waals surface area contributed by atoms with Crippen LogP contribution in [0.3, 0.4) is 0 Å². The molecule has 1 N–H and O–H groups in total. The molecule has 0 saturated carbocycles. The van der Waals surface area contributed by atoms with Gasteiger partial charge in [0.05, 0.1) is 11.0 Å². The van der Waals surface area contributed by atoms with Gasteiger partial charge in [-0.1, -0.05) is 6.07 Å². The first-order chi connectivity index (χ1) is 7.25. The number of carbonyl (C=O) groups excluding carboxylic acids is 2. The molecule has 2 heterocycles. The number of benzene rings is 1. The van der Waals surface area contributed by atoms with Crippen molar-refractivity contribution in [3.63, 3.8) is 0 Å². The third kappa shape index (κ3) is 2.47. The van der Waals surface area contributed by atoms with Gasteiger partial charge in [-0.3, -0.25) is 14.6 Å². The van der Waals surface area contributed by atoms with Gasteiger partial charge in [-0.05, 0) is 12.1 Å². The summed E-state index contributed by atoms with van der Waals surface area (Å²) in [4.78, 5) is 26.5. The normalized spacial score (nSPS) is 14.4. The molecule has 0 aliphatic carbocycles. The summed E-state index contributed by atoms with van der Waals surface area (Å²) >= 11 is 0. The number of rotatable bonds is 0. The van der Waals surface area contributed by atoms with Crippen LogP contribution in [0.2, 0.25) is 0 Å². The van der Waals surface area contributed by atoms with Crippen LogP contribution in [0.25, 0.3) is 12.2 Å². The van der Waals surface area contributed by atoms with E-state index >= 15 is 0 Å². The molecule has 1 aromatic rings. The van der Waals surface area contributed by atoms with E-state index in [-0.39, 0.29) is 59.1 Å². The molecule has 1 amide bonds. The monoisotopic (exact) mass is 244 g/mol. The Bertz CT molecular complexity index is 650. The molecule has 0 aromatic heterocycles. The number of nitrogens with one attached hydrogen (secondary N) is 1. The number of hydrogen-bond donors (Lipinski definition) is 1. The molecule has 17 heavy (non-hydrogen) atoms. The zero-order valence-electron chi connectivity index (χ0n) is 9.65. The number of fused-ring (bicyclic) bond motifs is 3. The Balaban J connectivity index is 0.000000722. The summed E-state index contributed by atoms with van der Waals surface area (Å²) in [7, 11) is 0. The third-order valence-corrected chi connectivity index (χ3v) is 2.46. The van der Waals surface area contributed by atoms with E-state index in [0.717, 1.165) is 16.1 Å². The van der Waals surface area contributed by atoms with E-state index in [4.69, 9.17) is 0 Å². The van der Waals surface area contributed by atoms with Crippen molar-refractivity contribution in [2.75, 3.05) is 5.32 Å². The minimum absolute atomic E-state index is 0. The van der Waals surface area contributed by atoms with Crippen LogP contribution in [0.5, 0.6) is 0 Å². The molecule has 0 saturated heterocycles. The molecule has 6 heteroatoms. The van der Waals surface area contributed by atoms with Gasteiger partial charge in [-0.15, -0.1) is 0 Å². The Morgan fingerprint density at radius 3 is 2.65 bits per heavy atom. The largest absolute Gasteiger partial charge is 0.318 e. The van der Waals surface area contributed by atoms with Crippen molar-refractivity contribution in [1.29, 1.82) is 0 Å². The topological polar surface area (TPSA) is 58.5 Å². The van der Waals surface area contributed by atoms with E-state index in [1.807, 2.05) is 12.1 Å². The molecule has 0 fully saturated rings. The van der Waals surface area contributed by atoms with Crippen molar-refractivity contribution in [2.24, 2.45) is 4.99 Å². The molecule has 2 aliphatic heterocycles. The number of ketones is 1. The van der Waals surface area contributed by atoms with Crippen LogP contribution < -0.4 is 15.9 Å². The van der Waals surface area contributed by atoms with E-state index in [1.54, 1.807) is 12.3 Å². The SMILES string of the molecule is O=C1C=c2ccc3c(c2NC1=O)C=CN=3.[Na].[Na]. The van der Waals surface area contributed by atoms with Crippen molar-refractivity contribution >= 4 is 88.6 Å². The molecule has 1 aromatic carbocycles. The first kappa shape index (κ1) is 14.8. The van der Waals surface area contributed by atoms with Gasteiger partial charge in [0.15, 0.2) is 0 Å². The Kier molecular flexibility index (Phi) is 4.89. The number of hydrogen-bond acceptors (Lipinski definition) is 3. The quantitative estimate of drug-likeness (QED) is 0.462. The van der Waals surface area contributed by atoms with E-state index in [2.05, 4.69) is 10.3 Å². The number of Topliss-reactive ketones (excluding diaryl/α,β-unsaturated/α-hetero) is 1. The molecule has 0 atom stereocenters. The summed E-state index contributed by atoms with van der Waals surface area (Å²) in [6, 6.07) is 3.61. The molecule has 0 spiro atoms. The Morgan fingerprint density at radius 1 is 1.12 bits per heavy atom. The molecule has 4 nitrogen and oxygen atoms in total. The van der Waals surface area contributed by atoms with Crippen LogP contribution in [-0.4, -0.2) is 70.8 Å². The third-order valence-electron chi connectivity index (χ3n) is 2.46. The average molecular weight is 244 g/mol. The maximum atomic E-state index is 11.2. The molecular weight excluding hydrogens is 238 g/mol. The zero-order valence-corrected chi connectivity index (χ0v) is 13.7. The fourth-order valence-corrected chi connectivity index (χ4v) is 1.74. The van der Waals surface area contributed by atoms with Gasteiger partial charge in [0.25, 0.3) is 5.91 Å². The average Bonchev–Trinajstić information content (AvgIpc) is 2.68. The van der Waals surface area contributed by atoms with Crippen LogP contribution in [0, 0.1) is 0 Å². The molecule has 74 valence electrons. The molecular formula is C11H6N2Na2O2. The fourth-order valence-electron chi connectivity index (χ4n) is 1.74. The Hall–Kier alpha value is -0.230. The maximum absolute atomic E-state index is 11.2. The van der Waals surface area contributed by atoms with Gasteiger partial charge < -0.3 is 5.32 Å². The number of amides is 1. The van der Waals surface area contributed by atoms with E-state index in [9.17, 15) is 9.59 Å². The maximum Gasteiger partial charge on any atom is 0.296 e. The second-order valence-corrected chi connectivity index (χ2v) is 3.37. The van der Waals surface area contributed by atoms with E-state index < -0.39 is 11.7 Å². The minimum atomic E-state index is -0.587. The predicted octanol–water partition coefficient (Wildman–Crippen LogP) is -1.17. The summed E-state index contributed by atoms with van der Waals surface area (Å²) < 4.78 is 0. The van der Waals surface area contributed by atoms with Crippen molar-refractivity contribution in [1.82, 2.24) is 0 Å². The molecule has 2 aliphatic rings. The fraction of sp³-hybridized carbons (Fsp3) is 0. The minimum Gasteiger partial charge on any atom is -0.318 e.